The van der Waals surface area contributed by atoms with Crippen LogP contribution in [-0.2, 0) is 0 Å². The van der Waals surface area contributed by atoms with Crippen molar-refractivity contribution in [3.05, 3.63) is 46.7 Å². The van der Waals surface area contributed by atoms with E-state index in [9.17, 15) is 4.79 Å². The molecular formula is C11H9ClN2O2. The van der Waals surface area contributed by atoms with Crippen molar-refractivity contribution in [3.63, 3.8) is 0 Å². The number of aryl methyl sites for hydroxylation is 1. The summed E-state index contributed by atoms with van der Waals surface area (Å²) in [6.07, 6.45) is 1.49. The van der Waals surface area contributed by atoms with Crippen LogP contribution in [0.4, 0.5) is 0 Å². The minimum absolute atomic E-state index is 0.133. The van der Waals surface area contributed by atoms with Gasteiger partial charge in [0.2, 0.25) is 0 Å². The molecule has 0 unspecified atom stereocenters. The SMILES string of the molecule is Cc1cccc(-n2cc(Cl)c(C(=O)O)n2)c1. The fourth-order valence-electron chi connectivity index (χ4n) is 1.40. The second-order valence-corrected chi connectivity index (χ2v) is 3.82. The van der Waals surface area contributed by atoms with Gasteiger partial charge in [0.25, 0.3) is 0 Å². The summed E-state index contributed by atoms with van der Waals surface area (Å²) in [5, 5.41) is 12.9. The van der Waals surface area contributed by atoms with Crippen molar-refractivity contribution in [1.82, 2.24) is 9.78 Å². The van der Waals surface area contributed by atoms with Gasteiger partial charge in [-0.2, -0.15) is 5.10 Å². The molecule has 1 aromatic carbocycles. The molecule has 1 aromatic heterocycles. The number of carboxylic acid groups (broad SMARTS) is 1. The lowest BCUT2D eigenvalue weighted by Crippen LogP contribution is -2.01. The van der Waals surface area contributed by atoms with Crippen molar-refractivity contribution < 1.29 is 9.90 Å². The molecule has 2 aromatic rings. The Bertz CT molecular complexity index is 549. The molecule has 82 valence electrons. The molecule has 0 aliphatic heterocycles. The molecule has 16 heavy (non-hydrogen) atoms. The van der Waals surface area contributed by atoms with Crippen molar-refractivity contribution in [2.24, 2.45) is 0 Å². The number of halogens is 1. The van der Waals surface area contributed by atoms with Crippen LogP contribution in [0, 0.1) is 6.92 Å². The maximum Gasteiger partial charge on any atom is 0.357 e. The predicted octanol–water partition coefficient (Wildman–Crippen LogP) is 2.53. The van der Waals surface area contributed by atoms with Crippen LogP contribution >= 0.6 is 11.6 Å². The van der Waals surface area contributed by atoms with Crippen LogP contribution in [0.2, 0.25) is 5.02 Å². The first-order chi connectivity index (χ1) is 7.58. The van der Waals surface area contributed by atoms with Crippen molar-refractivity contribution in [3.8, 4) is 5.69 Å². The van der Waals surface area contributed by atoms with Crippen LogP contribution in [0.3, 0.4) is 0 Å². The first-order valence-electron chi connectivity index (χ1n) is 4.63. The van der Waals surface area contributed by atoms with Gasteiger partial charge in [0.05, 0.1) is 16.9 Å². The Kier molecular flexibility index (Phi) is 2.66. The van der Waals surface area contributed by atoms with Crippen LogP contribution in [0.25, 0.3) is 5.69 Å². The lowest BCUT2D eigenvalue weighted by atomic mass is 10.2. The van der Waals surface area contributed by atoms with Gasteiger partial charge in [0, 0.05) is 0 Å². The molecule has 2 rings (SSSR count). The molecule has 1 heterocycles. The van der Waals surface area contributed by atoms with Crippen molar-refractivity contribution in [1.29, 1.82) is 0 Å². The average molecular weight is 237 g/mol. The van der Waals surface area contributed by atoms with Crippen LogP contribution in [0.5, 0.6) is 0 Å². The molecular weight excluding hydrogens is 228 g/mol. The van der Waals surface area contributed by atoms with Crippen molar-refractivity contribution >= 4 is 17.6 Å². The highest BCUT2D eigenvalue weighted by Gasteiger charge is 2.14. The fourth-order valence-corrected chi connectivity index (χ4v) is 1.61. The molecule has 1 N–H and O–H groups in total. The third kappa shape index (κ3) is 1.92. The van der Waals surface area contributed by atoms with Crippen molar-refractivity contribution in [2.75, 3.05) is 0 Å². The molecule has 4 nitrogen and oxygen atoms in total. The topological polar surface area (TPSA) is 55.1 Å². The van der Waals surface area contributed by atoms with Gasteiger partial charge in [0.1, 0.15) is 0 Å². The van der Waals surface area contributed by atoms with Crippen molar-refractivity contribution in [2.45, 2.75) is 6.92 Å². The van der Waals surface area contributed by atoms with E-state index >= 15 is 0 Å². The van der Waals surface area contributed by atoms with Crippen LogP contribution in [0.1, 0.15) is 16.1 Å². The summed E-state index contributed by atoms with van der Waals surface area (Å²) in [6, 6.07) is 7.56. The van der Waals surface area contributed by atoms with Crippen LogP contribution in [-0.4, -0.2) is 20.9 Å². The number of hydrogen-bond donors (Lipinski definition) is 1. The summed E-state index contributed by atoms with van der Waals surface area (Å²) in [6.45, 7) is 1.95. The van der Waals surface area contributed by atoms with Crippen LogP contribution < -0.4 is 0 Å². The Morgan fingerprint density at radius 1 is 1.50 bits per heavy atom. The first-order valence-corrected chi connectivity index (χ1v) is 5.01. The normalized spacial score (nSPS) is 10.4. The van der Waals surface area contributed by atoms with E-state index in [0.29, 0.717) is 0 Å². The minimum atomic E-state index is -1.13. The summed E-state index contributed by atoms with van der Waals surface area (Å²) in [5.41, 5.74) is 1.72. The number of aromatic nitrogens is 2. The summed E-state index contributed by atoms with van der Waals surface area (Å²) in [5.74, 6) is -1.13. The Morgan fingerprint density at radius 3 is 2.81 bits per heavy atom. The Morgan fingerprint density at radius 2 is 2.25 bits per heavy atom. The Labute approximate surface area is 97.1 Å². The number of benzene rings is 1. The molecule has 0 radical (unpaired) electrons. The van der Waals surface area contributed by atoms with E-state index in [1.807, 2.05) is 31.2 Å². The molecule has 0 aliphatic rings. The molecule has 0 spiro atoms. The molecule has 0 atom stereocenters. The quantitative estimate of drug-likeness (QED) is 0.872. The predicted molar refractivity (Wildman–Crippen MR) is 60.3 cm³/mol. The fraction of sp³-hybridized carbons (Fsp3) is 0.0909. The van der Waals surface area contributed by atoms with E-state index in [2.05, 4.69) is 5.10 Å². The second kappa shape index (κ2) is 3.98. The Balaban J connectivity index is 2.49. The zero-order valence-electron chi connectivity index (χ0n) is 8.51. The largest absolute Gasteiger partial charge is 0.476 e. The number of carboxylic acids is 1. The first kappa shape index (κ1) is 10.7. The third-order valence-corrected chi connectivity index (χ3v) is 2.41. The Hall–Kier alpha value is -1.81. The number of nitrogens with zero attached hydrogens (tertiary/aromatic N) is 2. The van der Waals surface area contributed by atoms with Gasteiger partial charge < -0.3 is 5.11 Å². The highest BCUT2D eigenvalue weighted by Crippen LogP contribution is 2.17. The molecule has 0 amide bonds. The molecule has 0 aliphatic carbocycles. The number of rotatable bonds is 2. The molecule has 5 heteroatoms. The number of carbonyl (C=O) groups is 1. The van der Waals surface area contributed by atoms with Gasteiger partial charge in [0.15, 0.2) is 5.69 Å². The van der Waals surface area contributed by atoms with Gasteiger partial charge >= 0.3 is 5.97 Å². The van der Waals surface area contributed by atoms with E-state index < -0.39 is 5.97 Å². The standard InChI is InChI=1S/C11H9ClN2O2/c1-7-3-2-4-8(5-7)14-6-9(12)10(13-14)11(15)16/h2-6H,1H3,(H,15,16). The highest BCUT2D eigenvalue weighted by molar-refractivity contribution is 6.33. The molecule has 0 saturated heterocycles. The van der Waals surface area contributed by atoms with Crippen LogP contribution in [0.15, 0.2) is 30.5 Å². The summed E-state index contributed by atoms with van der Waals surface area (Å²) in [4.78, 5) is 10.8. The van der Waals surface area contributed by atoms with Gasteiger partial charge in [-0.15, -0.1) is 0 Å². The van der Waals surface area contributed by atoms with Gasteiger partial charge in [-0.1, -0.05) is 23.7 Å². The van der Waals surface area contributed by atoms with E-state index in [1.165, 1.54) is 10.9 Å². The minimum Gasteiger partial charge on any atom is -0.476 e. The third-order valence-electron chi connectivity index (χ3n) is 2.14. The lowest BCUT2D eigenvalue weighted by Gasteiger charge is -2.01. The molecule has 0 fully saturated rings. The lowest BCUT2D eigenvalue weighted by molar-refractivity contribution is 0.0690. The van der Waals surface area contributed by atoms with Gasteiger partial charge in [-0.05, 0) is 24.6 Å². The summed E-state index contributed by atoms with van der Waals surface area (Å²) in [7, 11) is 0. The second-order valence-electron chi connectivity index (χ2n) is 3.41. The summed E-state index contributed by atoms with van der Waals surface area (Å²) < 4.78 is 1.46. The summed E-state index contributed by atoms with van der Waals surface area (Å²) >= 11 is 5.77. The van der Waals surface area contributed by atoms with E-state index in [4.69, 9.17) is 16.7 Å². The molecule has 0 bridgehead atoms. The monoisotopic (exact) mass is 236 g/mol. The van der Waals surface area contributed by atoms with Gasteiger partial charge in [-0.25, -0.2) is 9.48 Å². The maximum absolute atomic E-state index is 10.8. The smallest absolute Gasteiger partial charge is 0.357 e. The van der Waals surface area contributed by atoms with E-state index in [-0.39, 0.29) is 10.7 Å². The molecule has 0 saturated carbocycles. The maximum atomic E-state index is 10.8. The number of aromatic carboxylic acids is 1. The average Bonchev–Trinajstić information content (AvgIpc) is 2.60. The van der Waals surface area contributed by atoms with Gasteiger partial charge in [-0.3, -0.25) is 0 Å². The number of hydrogen-bond acceptors (Lipinski definition) is 2. The van der Waals surface area contributed by atoms with E-state index in [1.54, 1.807) is 0 Å². The zero-order chi connectivity index (χ0) is 11.7. The zero-order valence-corrected chi connectivity index (χ0v) is 9.27. The van der Waals surface area contributed by atoms with E-state index in [0.717, 1.165) is 11.3 Å². The highest BCUT2D eigenvalue weighted by atomic mass is 35.5.